The van der Waals surface area contributed by atoms with Gasteiger partial charge >= 0.3 is 6.09 Å². The van der Waals surface area contributed by atoms with Gasteiger partial charge in [-0.3, -0.25) is 4.79 Å². The molecule has 0 saturated heterocycles. The molecule has 0 heterocycles. The van der Waals surface area contributed by atoms with Crippen LogP contribution < -0.4 is 10.6 Å². The van der Waals surface area contributed by atoms with Crippen molar-refractivity contribution in [2.45, 2.75) is 104 Å². The summed E-state index contributed by atoms with van der Waals surface area (Å²) >= 11 is 0. The van der Waals surface area contributed by atoms with Crippen LogP contribution in [0.1, 0.15) is 73.6 Å². The lowest BCUT2D eigenvalue weighted by atomic mass is 9.79. The number of amides is 2. The number of aliphatic hydroxyl groups excluding tert-OH is 1. The minimum Gasteiger partial charge on any atom is -0.444 e. The molecule has 0 aromatic heterocycles. The maximum Gasteiger partial charge on any atom is 0.408 e. The van der Waals surface area contributed by atoms with Crippen molar-refractivity contribution >= 4 is 12.0 Å². The van der Waals surface area contributed by atoms with Gasteiger partial charge in [-0.2, -0.15) is 0 Å². The third kappa shape index (κ3) is 9.18. The largest absolute Gasteiger partial charge is 0.444 e. The summed E-state index contributed by atoms with van der Waals surface area (Å²) in [6.45, 7) is 10.6. The number of rotatable bonds is 10. The summed E-state index contributed by atoms with van der Waals surface area (Å²) < 4.78 is 16.3. The van der Waals surface area contributed by atoms with Crippen molar-refractivity contribution in [3.05, 3.63) is 0 Å². The maximum atomic E-state index is 12.7. The van der Waals surface area contributed by atoms with Crippen molar-refractivity contribution in [1.82, 2.24) is 10.6 Å². The predicted octanol–water partition coefficient (Wildman–Crippen LogP) is 2.97. The van der Waals surface area contributed by atoms with E-state index in [9.17, 15) is 14.7 Å². The lowest BCUT2D eigenvalue weighted by molar-refractivity contribution is -0.133. The zero-order chi connectivity index (χ0) is 22.9. The highest BCUT2D eigenvalue weighted by Crippen LogP contribution is 2.30. The van der Waals surface area contributed by atoms with Crippen LogP contribution in [-0.4, -0.2) is 60.9 Å². The van der Waals surface area contributed by atoms with E-state index in [2.05, 4.69) is 10.6 Å². The molecule has 3 N–H and O–H groups in total. The van der Waals surface area contributed by atoms with Gasteiger partial charge in [-0.25, -0.2) is 4.79 Å². The zero-order valence-corrected chi connectivity index (χ0v) is 19.7. The Labute approximate surface area is 181 Å². The molecule has 8 nitrogen and oxygen atoms in total. The molecule has 0 aliphatic heterocycles. The Kier molecular flexibility index (Phi) is 11.1. The topological polar surface area (TPSA) is 106 Å². The third-order valence-electron chi connectivity index (χ3n) is 5.27. The van der Waals surface area contributed by atoms with Crippen LogP contribution in [0.4, 0.5) is 4.79 Å². The number of nitrogens with one attached hydrogen (secondary N) is 2. The number of methoxy groups -OCH3 is 1. The number of alkyl carbamates (subject to hydrolysis) is 1. The predicted molar refractivity (Wildman–Crippen MR) is 115 cm³/mol. The second-order valence-corrected chi connectivity index (χ2v) is 9.54. The van der Waals surface area contributed by atoms with Gasteiger partial charge in [-0.15, -0.1) is 0 Å². The molecule has 176 valence electrons. The van der Waals surface area contributed by atoms with E-state index in [1.54, 1.807) is 27.7 Å². The van der Waals surface area contributed by atoms with Gasteiger partial charge in [0.15, 0.2) is 0 Å². The number of aliphatic hydroxyl groups is 1. The smallest absolute Gasteiger partial charge is 0.408 e. The molecule has 1 rings (SSSR count). The Morgan fingerprint density at radius 2 is 1.67 bits per heavy atom. The Hall–Kier alpha value is -1.38. The molecular weight excluding hydrogens is 388 g/mol. The minimum atomic E-state index is -0.901. The second-order valence-electron chi connectivity index (χ2n) is 9.54. The number of carbonyl (C=O) groups excluding carboxylic acids is 2. The summed E-state index contributed by atoms with van der Waals surface area (Å²) in [6, 6.07) is -1.08. The van der Waals surface area contributed by atoms with Crippen LogP contribution in [0.5, 0.6) is 0 Å². The van der Waals surface area contributed by atoms with E-state index in [1.807, 2.05) is 13.8 Å². The molecule has 4 atom stereocenters. The van der Waals surface area contributed by atoms with Crippen molar-refractivity contribution in [1.29, 1.82) is 0 Å². The molecule has 30 heavy (non-hydrogen) atoms. The second kappa shape index (κ2) is 12.5. The lowest BCUT2D eigenvalue weighted by Gasteiger charge is -2.41. The number of carbonyl (C=O) groups is 2. The van der Waals surface area contributed by atoms with Crippen LogP contribution in [0, 0.1) is 11.8 Å². The highest BCUT2D eigenvalue weighted by molar-refractivity contribution is 5.78. The molecule has 1 saturated carbocycles. The van der Waals surface area contributed by atoms with E-state index >= 15 is 0 Å². The fourth-order valence-electron chi connectivity index (χ4n) is 3.83. The van der Waals surface area contributed by atoms with Gasteiger partial charge in [0.1, 0.15) is 18.5 Å². The summed E-state index contributed by atoms with van der Waals surface area (Å²) in [5, 5.41) is 16.5. The van der Waals surface area contributed by atoms with E-state index in [-0.39, 0.29) is 24.5 Å². The quantitative estimate of drug-likeness (QED) is 0.460. The first-order valence-corrected chi connectivity index (χ1v) is 11.0. The molecular formula is C22H42N2O6. The standard InChI is InChI=1S/C22H42N2O6/c1-14(2)20(26)23-17(16-11-9-8-10-12-16)18(19(15(3)25)29-13-28-7)24-21(27)30-22(4,5)6/h14-19,25H,8-13H2,1-7H3,(H,23,26)(H,24,27). The normalized spacial score (nSPS) is 19.6. The van der Waals surface area contributed by atoms with Crippen LogP contribution in [0.15, 0.2) is 0 Å². The minimum absolute atomic E-state index is 0.0441. The van der Waals surface area contributed by atoms with Gasteiger partial charge in [0.25, 0.3) is 0 Å². The van der Waals surface area contributed by atoms with Gasteiger partial charge in [0, 0.05) is 13.0 Å². The summed E-state index contributed by atoms with van der Waals surface area (Å²) in [6.07, 6.45) is 2.87. The van der Waals surface area contributed by atoms with Crippen LogP contribution >= 0.6 is 0 Å². The van der Waals surface area contributed by atoms with Crippen molar-refractivity contribution in [3.63, 3.8) is 0 Å². The maximum absolute atomic E-state index is 12.7. The molecule has 4 unspecified atom stereocenters. The Morgan fingerprint density at radius 3 is 2.13 bits per heavy atom. The van der Waals surface area contributed by atoms with Gasteiger partial charge in [0.05, 0.1) is 18.2 Å². The fraction of sp³-hybridized carbons (Fsp3) is 0.909. The Morgan fingerprint density at radius 1 is 1.07 bits per heavy atom. The molecule has 1 aliphatic carbocycles. The summed E-state index contributed by atoms with van der Waals surface area (Å²) in [5.74, 6) is -0.144. The molecule has 2 amide bonds. The summed E-state index contributed by atoms with van der Waals surface area (Å²) in [7, 11) is 1.49. The average Bonchev–Trinajstić information content (AvgIpc) is 2.64. The molecule has 1 fully saturated rings. The molecule has 0 radical (unpaired) electrons. The molecule has 8 heteroatoms. The third-order valence-corrected chi connectivity index (χ3v) is 5.27. The van der Waals surface area contributed by atoms with Crippen LogP contribution in [0.2, 0.25) is 0 Å². The first-order valence-electron chi connectivity index (χ1n) is 11.0. The summed E-state index contributed by atoms with van der Waals surface area (Å²) in [5.41, 5.74) is -0.677. The van der Waals surface area contributed by atoms with E-state index in [0.29, 0.717) is 0 Å². The highest BCUT2D eigenvalue weighted by Gasteiger charge is 2.41. The SMILES string of the molecule is COCOC(C(C)O)C(NC(=O)OC(C)(C)C)C(NC(=O)C(C)C)C1CCCCC1. The summed E-state index contributed by atoms with van der Waals surface area (Å²) in [4.78, 5) is 25.3. The first kappa shape index (κ1) is 26.7. The van der Waals surface area contributed by atoms with Gasteiger partial charge in [-0.1, -0.05) is 33.1 Å². The van der Waals surface area contributed by atoms with Crippen molar-refractivity contribution in [2.75, 3.05) is 13.9 Å². The molecule has 0 bridgehead atoms. The monoisotopic (exact) mass is 430 g/mol. The fourth-order valence-corrected chi connectivity index (χ4v) is 3.83. The Bertz CT molecular complexity index is 526. The average molecular weight is 431 g/mol. The van der Waals surface area contributed by atoms with E-state index in [0.717, 1.165) is 32.1 Å². The van der Waals surface area contributed by atoms with Gasteiger partial charge < -0.3 is 30.0 Å². The van der Waals surface area contributed by atoms with Crippen molar-refractivity contribution in [3.8, 4) is 0 Å². The van der Waals surface area contributed by atoms with Gasteiger partial charge in [-0.05, 0) is 46.5 Å². The first-order chi connectivity index (χ1) is 14.0. The molecule has 0 spiro atoms. The molecule has 0 aromatic rings. The van der Waals surface area contributed by atoms with Crippen LogP contribution in [0.3, 0.4) is 0 Å². The highest BCUT2D eigenvalue weighted by atomic mass is 16.7. The van der Waals surface area contributed by atoms with Crippen molar-refractivity contribution < 1.29 is 28.9 Å². The molecule has 1 aliphatic rings. The van der Waals surface area contributed by atoms with E-state index in [4.69, 9.17) is 14.2 Å². The number of ether oxygens (including phenoxy) is 3. The van der Waals surface area contributed by atoms with Crippen LogP contribution in [-0.2, 0) is 19.0 Å². The van der Waals surface area contributed by atoms with E-state index < -0.39 is 36.0 Å². The van der Waals surface area contributed by atoms with Gasteiger partial charge in [0.2, 0.25) is 5.91 Å². The Balaban J connectivity index is 3.25. The van der Waals surface area contributed by atoms with Crippen molar-refractivity contribution in [2.24, 2.45) is 11.8 Å². The molecule has 0 aromatic carbocycles. The van der Waals surface area contributed by atoms with E-state index in [1.165, 1.54) is 7.11 Å². The zero-order valence-electron chi connectivity index (χ0n) is 19.7. The van der Waals surface area contributed by atoms with Crippen LogP contribution in [0.25, 0.3) is 0 Å². The number of hydrogen-bond donors (Lipinski definition) is 3. The number of hydrogen-bond acceptors (Lipinski definition) is 6. The lowest BCUT2D eigenvalue weighted by Crippen LogP contribution is -2.63.